The largest absolute Gasteiger partial charge is 0.497 e. The van der Waals surface area contributed by atoms with Crippen LogP contribution in [0.2, 0.25) is 0 Å². The van der Waals surface area contributed by atoms with Crippen LogP contribution in [0, 0.1) is 0 Å². The molecule has 2 heterocycles. The van der Waals surface area contributed by atoms with Crippen LogP contribution in [0.25, 0.3) is 11.3 Å². The number of thiazole rings is 1. The molecule has 1 aliphatic rings. The van der Waals surface area contributed by atoms with Gasteiger partial charge in [0.25, 0.3) is 0 Å². The first kappa shape index (κ1) is 24.2. The molecular weight excluding hydrogens is 476 g/mol. The van der Waals surface area contributed by atoms with Gasteiger partial charge in [-0.25, -0.2) is 13.4 Å². The van der Waals surface area contributed by atoms with E-state index in [0.717, 1.165) is 16.4 Å². The number of methoxy groups -OCH3 is 4. The van der Waals surface area contributed by atoms with Gasteiger partial charge in [-0.3, -0.25) is 0 Å². The molecule has 2 aromatic carbocycles. The van der Waals surface area contributed by atoms with Crippen LogP contribution in [0.5, 0.6) is 23.0 Å². The van der Waals surface area contributed by atoms with Crippen LogP contribution in [0.1, 0.15) is 12.8 Å². The fourth-order valence-corrected chi connectivity index (χ4v) is 6.67. The van der Waals surface area contributed by atoms with E-state index >= 15 is 0 Å². The normalized spacial score (nSPS) is 14.6. The molecule has 0 radical (unpaired) electrons. The number of rotatable bonds is 8. The van der Waals surface area contributed by atoms with Gasteiger partial charge >= 0.3 is 0 Å². The average molecular weight is 505 g/mol. The minimum absolute atomic E-state index is 0.257. The van der Waals surface area contributed by atoms with Crippen LogP contribution in [0.4, 0.5) is 5.13 Å². The Bertz CT molecular complexity index is 1230. The zero-order valence-electron chi connectivity index (χ0n) is 19.6. The molecule has 0 bridgehead atoms. The van der Waals surface area contributed by atoms with E-state index in [0.29, 0.717) is 48.9 Å². The monoisotopic (exact) mass is 504 g/mol. The highest BCUT2D eigenvalue weighted by molar-refractivity contribution is 7.92. The van der Waals surface area contributed by atoms with Gasteiger partial charge < -0.3 is 23.8 Å². The standard InChI is InChI=1S/C24H28N2O6S2/c1-29-17-11-16(12-18(13-17)30-2)21-15-33-24(25-21)26-9-7-19(8-10-26)34(27,28)20-5-6-22(31-3)23(14-20)32-4/h5-6,11-15,19H,7-10H2,1-4H3. The van der Waals surface area contributed by atoms with Crippen molar-refractivity contribution in [2.75, 3.05) is 46.4 Å². The summed E-state index contributed by atoms with van der Waals surface area (Å²) in [5.74, 6) is 2.31. The van der Waals surface area contributed by atoms with E-state index in [4.69, 9.17) is 23.9 Å². The maximum atomic E-state index is 13.3. The van der Waals surface area contributed by atoms with Crippen molar-refractivity contribution in [3.63, 3.8) is 0 Å². The molecule has 0 unspecified atom stereocenters. The summed E-state index contributed by atoms with van der Waals surface area (Å²) in [4.78, 5) is 7.20. The maximum absolute atomic E-state index is 13.3. The Balaban J connectivity index is 1.47. The van der Waals surface area contributed by atoms with Crippen LogP contribution in [0.15, 0.2) is 46.7 Å². The summed E-state index contributed by atoms with van der Waals surface area (Å²) < 4.78 is 47.7. The summed E-state index contributed by atoms with van der Waals surface area (Å²) in [6.45, 7) is 1.23. The predicted molar refractivity (Wildman–Crippen MR) is 133 cm³/mol. The highest BCUT2D eigenvalue weighted by atomic mass is 32.2. The van der Waals surface area contributed by atoms with Crippen molar-refractivity contribution in [3.8, 4) is 34.3 Å². The number of hydrogen-bond acceptors (Lipinski definition) is 9. The lowest BCUT2D eigenvalue weighted by Crippen LogP contribution is -2.39. The van der Waals surface area contributed by atoms with Crippen molar-refractivity contribution in [3.05, 3.63) is 41.8 Å². The lowest BCUT2D eigenvalue weighted by Gasteiger charge is -2.31. The molecule has 4 rings (SSSR count). The Kier molecular flexibility index (Phi) is 7.18. The van der Waals surface area contributed by atoms with Crippen LogP contribution in [-0.4, -0.2) is 60.2 Å². The predicted octanol–water partition coefficient (Wildman–Crippen LogP) is 4.29. The van der Waals surface area contributed by atoms with Crippen LogP contribution in [0.3, 0.4) is 0 Å². The molecule has 1 saturated heterocycles. The first-order valence-corrected chi connectivity index (χ1v) is 13.2. The van der Waals surface area contributed by atoms with Gasteiger partial charge in [-0.2, -0.15) is 0 Å². The minimum Gasteiger partial charge on any atom is -0.497 e. The first-order valence-electron chi connectivity index (χ1n) is 10.8. The maximum Gasteiger partial charge on any atom is 0.185 e. The smallest absolute Gasteiger partial charge is 0.185 e. The highest BCUT2D eigenvalue weighted by Crippen LogP contribution is 2.36. The van der Waals surface area contributed by atoms with E-state index in [-0.39, 0.29) is 4.90 Å². The SMILES string of the molecule is COc1cc(OC)cc(-c2csc(N3CCC(S(=O)(=O)c4ccc(OC)c(OC)c4)CC3)n2)c1. The van der Waals surface area contributed by atoms with E-state index in [1.165, 1.54) is 20.3 Å². The summed E-state index contributed by atoms with van der Waals surface area (Å²) in [7, 11) is 2.77. The van der Waals surface area contributed by atoms with Crippen LogP contribution < -0.4 is 23.8 Å². The summed E-state index contributed by atoms with van der Waals surface area (Å²) in [6, 6.07) is 10.4. The lowest BCUT2D eigenvalue weighted by atomic mass is 10.1. The topological polar surface area (TPSA) is 87.2 Å². The summed E-state index contributed by atoms with van der Waals surface area (Å²) >= 11 is 1.55. The van der Waals surface area contributed by atoms with Crippen molar-refractivity contribution < 1.29 is 27.4 Å². The number of piperidine rings is 1. The lowest BCUT2D eigenvalue weighted by molar-refractivity contribution is 0.354. The second-order valence-electron chi connectivity index (χ2n) is 7.86. The van der Waals surface area contributed by atoms with Crippen molar-refractivity contribution in [2.45, 2.75) is 23.0 Å². The van der Waals surface area contributed by atoms with Crippen LogP contribution in [-0.2, 0) is 9.84 Å². The number of hydrogen-bond donors (Lipinski definition) is 0. The molecule has 182 valence electrons. The van der Waals surface area contributed by atoms with E-state index in [2.05, 4.69) is 4.90 Å². The van der Waals surface area contributed by atoms with Crippen molar-refractivity contribution in [1.29, 1.82) is 0 Å². The number of nitrogens with zero attached hydrogens (tertiary/aromatic N) is 2. The molecule has 0 aliphatic carbocycles. The molecular formula is C24H28N2O6S2. The average Bonchev–Trinajstić information content (AvgIpc) is 3.38. The molecule has 1 aliphatic heterocycles. The van der Waals surface area contributed by atoms with Gasteiger partial charge in [-0.05, 0) is 37.1 Å². The van der Waals surface area contributed by atoms with Crippen molar-refractivity contribution >= 4 is 26.3 Å². The highest BCUT2D eigenvalue weighted by Gasteiger charge is 2.32. The van der Waals surface area contributed by atoms with E-state index in [1.54, 1.807) is 37.7 Å². The Morgan fingerprint density at radius 3 is 2.12 bits per heavy atom. The van der Waals surface area contributed by atoms with Gasteiger partial charge in [0, 0.05) is 36.2 Å². The number of anilines is 1. The minimum atomic E-state index is -3.49. The number of benzene rings is 2. The first-order chi connectivity index (χ1) is 16.4. The Hall–Kier alpha value is -2.98. The van der Waals surface area contributed by atoms with Crippen LogP contribution >= 0.6 is 11.3 Å². The van der Waals surface area contributed by atoms with Gasteiger partial charge in [0.2, 0.25) is 0 Å². The molecule has 8 nitrogen and oxygen atoms in total. The second-order valence-corrected chi connectivity index (χ2v) is 10.9. The van der Waals surface area contributed by atoms with E-state index < -0.39 is 15.1 Å². The fraction of sp³-hybridized carbons (Fsp3) is 0.375. The van der Waals surface area contributed by atoms with Crippen molar-refractivity contribution in [2.24, 2.45) is 0 Å². The molecule has 0 saturated carbocycles. The second kappa shape index (κ2) is 10.1. The number of aromatic nitrogens is 1. The number of sulfone groups is 1. The zero-order valence-corrected chi connectivity index (χ0v) is 21.2. The van der Waals surface area contributed by atoms with Crippen molar-refractivity contribution in [1.82, 2.24) is 4.98 Å². The fourth-order valence-electron chi connectivity index (χ4n) is 4.04. The molecule has 0 spiro atoms. The quantitative estimate of drug-likeness (QED) is 0.449. The van der Waals surface area contributed by atoms with Gasteiger partial charge in [0.1, 0.15) is 11.5 Å². The Labute approximate surface area is 204 Å². The van der Waals surface area contributed by atoms with Gasteiger partial charge in [-0.1, -0.05) is 0 Å². The third-order valence-corrected chi connectivity index (χ3v) is 9.14. The van der Waals surface area contributed by atoms with E-state index in [9.17, 15) is 8.42 Å². The summed E-state index contributed by atoms with van der Waals surface area (Å²) in [5, 5.41) is 2.42. The van der Waals surface area contributed by atoms with Gasteiger partial charge in [0.15, 0.2) is 26.5 Å². The van der Waals surface area contributed by atoms with E-state index in [1.807, 2.05) is 23.6 Å². The molecule has 1 aromatic heterocycles. The number of ether oxygens (including phenoxy) is 4. The molecule has 34 heavy (non-hydrogen) atoms. The summed E-state index contributed by atoms with van der Waals surface area (Å²) in [6.07, 6.45) is 1.05. The Morgan fingerprint density at radius 2 is 1.53 bits per heavy atom. The molecule has 0 N–H and O–H groups in total. The third-order valence-electron chi connectivity index (χ3n) is 5.97. The molecule has 1 fully saturated rings. The third kappa shape index (κ3) is 4.78. The molecule has 0 amide bonds. The molecule has 0 atom stereocenters. The van der Waals surface area contributed by atoms with Gasteiger partial charge in [0.05, 0.1) is 44.3 Å². The Morgan fingerprint density at radius 1 is 0.882 bits per heavy atom. The summed E-state index contributed by atoms with van der Waals surface area (Å²) in [5.41, 5.74) is 1.74. The molecule has 10 heteroatoms. The van der Waals surface area contributed by atoms with Gasteiger partial charge in [-0.15, -0.1) is 11.3 Å². The zero-order chi connectivity index (χ0) is 24.3. The molecule has 3 aromatic rings.